The summed E-state index contributed by atoms with van der Waals surface area (Å²) in [4.78, 5) is 16.6. The maximum Gasteiger partial charge on any atom is 0.255 e. The van der Waals surface area contributed by atoms with E-state index in [1.807, 2.05) is 12.3 Å². The molecule has 2 aromatic rings. The number of anilines is 1. The van der Waals surface area contributed by atoms with E-state index in [9.17, 15) is 4.79 Å². The van der Waals surface area contributed by atoms with Gasteiger partial charge in [0.2, 0.25) is 0 Å². The standard InChI is InChI=1S/C16H20ClN3O2S/c1-10-9-23-15(20-10)5-3-4-6-19-16(21)11-7-12(17)13(18)8-14(11)22-2/h7-9H,3-6,18H2,1-2H3,(H,19,21). The van der Waals surface area contributed by atoms with Gasteiger partial charge in [0.05, 0.1) is 28.4 Å². The van der Waals surface area contributed by atoms with Crippen LogP contribution in [0.2, 0.25) is 5.02 Å². The average Bonchev–Trinajstić information content (AvgIpc) is 2.94. The Morgan fingerprint density at radius 3 is 2.87 bits per heavy atom. The van der Waals surface area contributed by atoms with Gasteiger partial charge < -0.3 is 15.8 Å². The Hall–Kier alpha value is -1.79. The molecule has 0 aliphatic heterocycles. The second-order valence-electron chi connectivity index (χ2n) is 5.17. The SMILES string of the molecule is COc1cc(N)c(Cl)cc1C(=O)NCCCCc1nc(C)cs1. The number of unbranched alkanes of at least 4 members (excludes halogenated alkanes) is 1. The molecule has 0 spiro atoms. The quantitative estimate of drug-likeness (QED) is 0.590. The van der Waals surface area contributed by atoms with Crippen LogP contribution in [-0.4, -0.2) is 24.5 Å². The van der Waals surface area contributed by atoms with Gasteiger partial charge in [-0.25, -0.2) is 4.98 Å². The summed E-state index contributed by atoms with van der Waals surface area (Å²) in [6, 6.07) is 3.09. The second-order valence-corrected chi connectivity index (χ2v) is 6.52. The van der Waals surface area contributed by atoms with E-state index in [4.69, 9.17) is 22.1 Å². The molecule has 1 amide bonds. The first kappa shape index (κ1) is 17.6. The first-order valence-electron chi connectivity index (χ1n) is 7.33. The van der Waals surface area contributed by atoms with Crippen molar-refractivity contribution in [2.45, 2.75) is 26.2 Å². The fourth-order valence-corrected chi connectivity index (χ4v) is 3.11. The van der Waals surface area contributed by atoms with Gasteiger partial charge in [-0.15, -0.1) is 11.3 Å². The topological polar surface area (TPSA) is 77.2 Å². The summed E-state index contributed by atoms with van der Waals surface area (Å²) < 4.78 is 5.18. The van der Waals surface area contributed by atoms with Crippen molar-refractivity contribution in [2.75, 3.05) is 19.4 Å². The number of benzene rings is 1. The minimum Gasteiger partial charge on any atom is -0.496 e. The van der Waals surface area contributed by atoms with Gasteiger partial charge in [0.25, 0.3) is 5.91 Å². The van der Waals surface area contributed by atoms with Crippen LogP contribution in [0.4, 0.5) is 5.69 Å². The van der Waals surface area contributed by atoms with Gasteiger partial charge in [-0.05, 0) is 32.3 Å². The normalized spacial score (nSPS) is 10.6. The van der Waals surface area contributed by atoms with Crippen LogP contribution in [0, 0.1) is 6.92 Å². The lowest BCUT2D eigenvalue weighted by molar-refractivity contribution is 0.0950. The van der Waals surface area contributed by atoms with E-state index in [1.165, 1.54) is 13.2 Å². The van der Waals surface area contributed by atoms with Crippen LogP contribution in [0.25, 0.3) is 0 Å². The van der Waals surface area contributed by atoms with E-state index >= 15 is 0 Å². The number of thiazole rings is 1. The Morgan fingerprint density at radius 1 is 1.43 bits per heavy atom. The maximum atomic E-state index is 12.2. The van der Waals surface area contributed by atoms with E-state index < -0.39 is 0 Å². The van der Waals surface area contributed by atoms with Crippen LogP contribution in [0.3, 0.4) is 0 Å². The molecule has 0 aliphatic carbocycles. The van der Waals surface area contributed by atoms with Crippen LogP contribution in [0.1, 0.15) is 33.9 Å². The molecule has 0 saturated heterocycles. The van der Waals surface area contributed by atoms with Crippen molar-refractivity contribution in [3.8, 4) is 5.75 Å². The fraction of sp³-hybridized carbons (Fsp3) is 0.375. The van der Waals surface area contributed by atoms with E-state index in [-0.39, 0.29) is 5.91 Å². The van der Waals surface area contributed by atoms with Crippen molar-refractivity contribution in [2.24, 2.45) is 0 Å². The van der Waals surface area contributed by atoms with Crippen molar-refractivity contribution in [3.05, 3.63) is 38.8 Å². The molecule has 0 unspecified atom stereocenters. The minimum absolute atomic E-state index is 0.214. The van der Waals surface area contributed by atoms with Crippen LogP contribution in [-0.2, 0) is 6.42 Å². The van der Waals surface area contributed by atoms with E-state index in [1.54, 1.807) is 17.4 Å². The molecular formula is C16H20ClN3O2S. The van der Waals surface area contributed by atoms with Crippen molar-refractivity contribution in [3.63, 3.8) is 0 Å². The number of nitrogens with one attached hydrogen (secondary N) is 1. The molecule has 7 heteroatoms. The van der Waals surface area contributed by atoms with Crippen molar-refractivity contribution < 1.29 is 9.53 Å². The maximum absolute atomic E-state index is 12.2. The van der Waals surface area contributed by atoms with Crippen LogP contribution < -0.4 is 15.8 Å². The molecule has 0 radical (unpaired) electrons. The fourth-order valence-electron chi connectivity index (χ4n) is 2.13. The van der Waals surface area contributed by atoms with Gasteiger partial charge in [0.15, 0.2) is 0 Å². The zero-order valence-corrected chi connectivity index (χ0v) is 14.8. The van der Waals surface area contributed by atoms with Gasteiger partial charge in [-0.2, -0.15) is 0 Å². The Labute approximate surface area is 144 Å². The summed E-state index contributed by atoms with van der Waals surface area (Å²) in [5.74, 6) is 0.205. The summed E-state index contributed by atoms with van der Waals surface area (Å²) in [5, 5.41) is 6.41. The number of methoxy groups -OCH3 is 1. The zero-order valence-electron chi connectivity index (χ0n) is 13.2. The van der Waals surface area contributed by atoms with E-state index in [0.717, 1.165) is 30.0 Å². The number of carbonyl (C=O) groups is 1. The second kappa shape index (κ2) is 8.17. The summed E-state index contributed by atoms with van der Waals surface area (Å²) >= 11 is 7.65. The van der Waals surface area contributed by atoms with E-state index in [2.05, 4.69) is 10.3 Å². The number of halogens is 1. The number of ether oxygens (including phenoxy) is 1. The largest absolute Gasteiger partial charge is 0.496 e. The highest BCUT2D eigenvalue weighted by atomic mass is 35.5. The minimum atomic E-state index is -0.214. The lowest BCUT2D eigenvalue weighted by Gasteiger charge is -2.11. The lowest BCUT2D eigenvalue weighted by atomic mass is 10.1. The molecule has 0 saturated carbocycles. The highest BCUT2D eigenvalue weighted by molar-refractivity contribution is 7.09. The molecule has 1 aromatic carbocycles. The number of rotatable bonds is 7. The first-order chi connectivity index (χ1) is 11.0. The zero-order chi connectivity index (χ0) is 16.8. The van der Waals surface area contributed by atoms with Crippen LogP contribution in [0.15, 0.2) is 17.5 Å². The molecule has 1 aromatic heterocycles. The number of aryl methyl sites for hydroxylation is 2. The predicted octanol–water partition coefficient (Wildman–Crippen LogP) is 3.45. The summed E-state index contributed by atoms with van der Waals surface area (Å²) in [6.45, 7) is 2.58. The van der Waals surface area contributed by atoms with Crippen LogP contribution >= 0.6 is 22.9 Å². The lowest BCUT2D eigenvalue weighted by Crippen LogP contribution is -2.25. The van der Waals surface area contributed by atoms with E-state index in [0.29, 0.717) is 28.6 Å². The van der Waals surface area contributed by atoms with Gasteiger partial charge in [0.1, 0.15) is 5.75 Å². The number of hydrogen-bond acceptors (Lipinski definition) is 5. The number of carbonyl (C=O) groups excluding carboxylic acids is 1. The summed E-state index contributed by atoms with van der Waals surface area (Å²) in [6.07, 6.45) is 2.80. The molecule has 5 nitrogen and oxygen atoms in total. The van der Waals surface area contributed by atoms with Gasteiger partial charge in [-0.1, -0.05) is 11.6 Å². The number of amides is 1. The molecule has 124 valence electrons. The predicted molar refractivity (Wildman–Crippen MR) is 94.5 cm³/mol. The average molecular weight is 354 g/mol. The third-order valence-corrected chi connectivity index (χ3v) is 4.69. The Balaban J connectivity index is 1.82. The van der Waals surface area contributed by atoms with Crippen LogP contribution in [0.5, 0.6) is 5.75 Å². The Morgan fingerprint density at radius 2 is 2.22 bits per heavy atom. The molecule has 23 heavy (non-hydrogen) atoms. The highest BCUT2D eigenvalue weighted by Crippen LogP contribution is 2.28. The molecule has 0 aliphatic rings. The molecule has 0 bridgehead atoms. The van der Waals surface area contributed by atoms with Gasteiger partial charge in [-0.3, -0.25) is 4.79 Å². The monoisotopic (exact) mass is 353 g/mol. The third-order valence-electron chi connectivity index (χ3n) is 3.33. The number of nitrogens with zero attached hydrogens (tertiary/aromatic N) is 1. The highest BCUT2D eigenvalue weighted by Gasteiger charge is 2.14. The summed E-state index contributed by atoms with van der Waals surface area (Å²) in [5.41, 5.74) is 7.55. The molecule has 1 heterocycles. The molecule has 0 atom stereocenters. The number of hydrogen-bond donors (Lipinski definition) is 2. The number of nitrogen functional groups attached to an aromatic ring is 1. The summed E-state index contributed by atoms with van der Waals surface area (Å²) in [7, 11) is 1.50. The van der Waals surface area contributed by atoms with Crippen molar-refractivity contribution in [1.29, 1.82) is 0 Å². The van der Waals surface area contributed by atoms with Crippen molar-refractivity contribution >= 4 is 34.5 Å². The Bertz CT molecular complexity index is 688. The number of nitrogens with two attached hydrogens (primary N) is 1. The number of aromatic nitrogens is 1. The molecule has 3 N–H and O–H groups in total. The third kappa shape index (κ3) is 4.84. The van der Waals surface area contributed by atoms with Crippen molar-refractivity contribution in [1.82, 2.24) is 10.3 Å². The van der Waals surface area contributed by atoms with Gasteiger partial charge in [0, 0.05) is 23.7 Å². The molecule has 2 rings (SSSR count). The Kier molecular flexibility index (Phi) is 6.24. The molecule has 0 fully saturated rings. The van der Waals surface area contributed by atoms with Gasteiger partial charge >= 0.3 is 0 Å². The first-order valence-corrected chi connectivity index (χ1v) is 8.59. The molecular weight excluding hydrogens is 334 g/mol. The smallest absolute Gasteiger partial charge is 0.255 e.